The standard InChI is InChI=1S/C13H21ClN4O/c1-8(2)18-13(19)12(14)11(7-16-18)17-5-4-10(15)6-9(17)3/h7-10H,4-6,15H2,1-3H3. The second-order valence-corrected chi connectivity index (χ2v) is 5.89. The minimum absolute atomic E-state index is 0.00579. The van der Waals surface area contributed by atoms with Crippen LogP contribution in [0.15, 0.2) is 11.0 Å². The van der Waals surface area contributed by atoms with Crippen LogP contribution in [0.1, 0.15) is 39.7 Å². The normalized spacial score (nSPS) is 24.0. The zero-order valence-electron chi connectivity index (χ0n) is 11.6. The van der Waals surface area contributed by atoms with Crippen LogP contribution in [0.5, 0.6) is 0 Å². The van der Waals surface area contributed by atoms with Crippen molar-refractivity contribution < 1.29 is 0 Å². The van der Waals surface area contributed by atoms with E-state index in [0.717, 1.165) is 25.1 Å². The molecule has 1 aromatic rings. The third-order valence-corrected chi connectivity index (χ3v) is 4.00. The molecule has 6 heteroatoms. The van der Waals surface area contributed by atoms with E-state index in [2.05, 4.69) is 16.9 Å². The van der Waals surface area contributed by atoms with E-state index in [1.54, 1.807) is 6.20 Å². The lowest BCUT2D eigenvalue weighted by Gasteiger charge is -2.38. The molecule has 2 atom stereocenters. The van der Waals surface area contributed by atoms with E-state index in [4.69, 9.17) is 17.3 Å². The largest absolute Gasteiger partial charge is 0.366 e. The number of aromatic nitrogens is 2. The lowest BCUT2D eigenvalue weighted by Crippen LogP contribution is -2.46. The van der Waals surface area contributed by atoms with Crippen LogP contribution in [0, 0.1) is 0 Å². The highest BCUT2D eigenvalue weighted by Crippen LogP contribution is 2.28. The lowest BCUT2D eigenvalue weighted by molar-refractivity contribution is 0.427. The number of hydrogen-bond donors (Lipinski definition) is 1. The first-order valence-electron chi connectivity index (χ1n) is 6.71. The third-order valence-electron chi connectivity index (χ3n) is 3.64. The first kappa shape index (κ1) is 14.3. The Kier molecular flexibility index (Phi) is 4.16. The molecule has 1 saturated heterocycles. The van der Waals surface area contributed by atoms with Crippen molar-refractivity contribution in [3.8, 4) is 0 Å². The van der Waals surface area contributed by atoms with Gasteiger partial charge in [0.25, 0.3) is 5.56 Å². The summed E-state index contributed by atoms with van der Waals surface area (Å²) in [5, 5.41) is 4.47. The minimum Gasteiger partial charge on any atom is -0.366 e. The van der Waals surface area contributed by atoms with Gasteiger partial charge < -0.3 is 10.6 Å². The summed E-state index contributed by atoms with van der Waals surface area (Å²) in [6.45, 7) is 6.73. The second kappa shape index (κ2) is 5.51. The molecule has 2 heterocycles. The molecule has 1 aliphatic rings. The highest BCUT2D eigenvalue weighted by atomic mass is 35.5. The zero-order valence-corrected chi connectivity index (χ0v) is 12.4. The molecule has 1 aliphatic heterocycles. The number of rotatable bonds is 2. The van der Waals surface area contributed by atoms with E-state index >= 15 is 0 Å². The molecule has 0 spiro atoms. The van der Waals surface area contributed by atoms with Crippen LogP contribution < -0.4 is 16.2 Å². The van der Waals surface area contributed by atoms with Crippen LogP contribution in [-0.2, 0) is 0 Å². The summed E-state index contributed by atoms with van der Waals surface area (Å²) < 4.78 is 1.41. The van der Waals surface area contributed by atoms with E-state index in [1.807, 2.05) is 13.8 Å². The first-order chi connectivity index (χ1) is 8.91. The molecule has 0 amide bonds. The summed E-state index contributed by atoms with van der Waals surface area (Å²) in [4.78, 5) is 14.3. The quantitative estimate of drug-likeness (QED) is 0.899. The fourth-order valence-electron chi connectivity index (χ4n) is 2.57. The molecule has 0 aromatic carbocycles. The predicted octanol–water partition coefficient (Wildman–Crippen LogP) is 1.79. The van der Waals surface area contributed by atoms with Gasteiger partial charge in [-0.3, -0.25) is 4.79 Å². The summed E-state index contributed by atoms with van der Waals surface area (Å²) in [5.41, 5.74) is 6.46. The summed E-state index contributed by atoms with van der Waals surface area (Å²) in [7, 11) is 0. The molecule has 0 aliphatic carbocycles. The molecule has 0 bridgehead atoms. The number of piperidine rings is 1. The molecule has 0 radical (unpaired) electrons. The minimum atomic E-state index is -0.226. The van der Waals surface area contributed by atoms with Crippen molar-refractivity contribution in [1.29, 1.82) is 0 Å². The van der Waals surface area contributed by atoms with Gasteiger partial charge in [0.1, 0.15) is 5.02 Å². The molecule has 1 fully saturated rings. The van der Waals surface area contributed by atoms with Crippen molar-refractivity contribution in [2.75, 3.05) is 11.4 Å². The fourth-order valence-corrected chi connectivity index (χ4v) is 2.81. The number of nitrogens with zero attached hydrogens (tertiary/aromatic N) is 3. The topological polar surface area (TPSA) is 64.2 Å². The van der Waals surface area contributed by atoms with Crippen LogP contribution >= 0.6 is 11.6 Å². The molecule has 106 valence electrons. The highest BCUT2D eigenvalue weighted by Gasteiger charge is 2.26. The molecule has 1 aromatic heterocycles. The Morgan fingerprint density at radius 3 is 2.79 bits per heavy atom. The van der Waals surface area contributed by atoms with Crippen molar-refractivity contribution in [3.63, 3.8) is 0 Å². The maximum atomic E-state index is 12.2. The monoisotopic (exact) mass is 284 g/mol. The molecular weight excluding hydrogens is 264 g/mol. The Morgan fingerprint density at radius 1 is 1.53 bits per heavy atom. The Labute approximate surface area is 118 Å². The maximum absolute atomic E-state index is 12.2. The molecule has 19 heavy (non-hydrogen) atoms. The van der Waals surface area contributed by atoms with Gasteiger partial charge in [-0.1, -0.05) is 11.6 Å². The average molecular weight is 285 g/mol. The molecule has 0 saturated carbocycles. The molecule has 2 rings (SSSR count). The summed E-state index contributed by atoms with van der Waals surface area (Å²) in [6, 6.07) is 0.512. The molecular formula is C13H21ClN4O. The Balaban J connectivity index is 2.36. The van der Waals surface area contributed by atoms with E-state index < -0.39 is 0 Å². The van der Waals surface area contributed by atoms with Crippen LogP contribution in [0.3, 0.4) is 0 Å². The lowest BCUT2D eigenvalue weighted by atomic mass is 9.99. The van der Waals surface area contributed by atoms with Gasteiger partial charge in [0.15, 0.2) is 0 Å². The van der Waals surface area contributed by atoms with Crippen molar-refractivity contribution >= 4 is 17.3 Å². The van der Waals surface area contributed by atoms with Crippen molar-refractivity contribution in [2.24, 2.45) is 5.73 Å². The second-order valence-electron chi connectivity index (χ2n) is 5.51. The number of halogens is 1. The van der Waals surface area contributed by atoms with E-state index in [-0.39, 0.29) is 28.7 Å². The Morgan fingerprint density at radius 2 is 2.21 bits per heavy atom. The summed E-state index contributed by atoms with van der Waals surface area (Å²) in [6.07, 6.45) is 3.51. The van der Waals surface area contributed by atoms with Gasteiger partial charge >= 0.3 is 0 Å². The zero-order chi connectivity index (χ0) is 14.2. The van der Waals surface area contributed by atoms with E-state index in [9.17, 15) is 4.79 Å². The van der Waals surface area contributed by atoms with Gasteiger partial charge in [-0.15, -0.1) is 0 Å². The fraction of sp³-hybridized carbons (Fsp3) is 0.692. The molecule has 2 unspecified atom stereocenters. The molecule has 5 nitrogen and oxygen atoms in total. The first-order valence-corrected chi connectivity index (χ1v) is 7.09. The highest BCUT2D eigenvalue weighted by molar-refractivity contribution is 6.33. The number of nitrogens with two attached hydrogens (primary N) is 1. The van der Waals surface area contributed by atoms with Gasteiger partial charge in [-0.2, -0.15) is 5.10 Å². The summed E-state index contributed by atoms with van der Waals surface area (Å²) in [5.74, 6) is 0. The average Bonchev–Trinajstić information content (AvgIpc) is 2.33. The number of anilines is 1. The van der Waals surface area contributed by atoms with Gasteiger partial charge in [-0.05, 0) is 33.6 Å². The van der Waals surface area contributed by atoms with Gasteiger partial charge in [0.2, 0.25) is 0 Å². The van der Waals surface area contributed by atoms with Crippen molar-refractivity contribution in [2.45, 2.75) is 51.7 Å². The predicted molar refractivity (Wildman–Crippen MR) is 77.9 cm³/mol. The SMILES string of the molecule is CC1CC(N)CCN1c1cnn(C(C)C)c(=O)c1Cl. The third kappa shape index (κ3) is 2.77. The van der Waals surface area contributed by atoms with Crippen molar-refractivity contribution in [3.05, 3.63) is 21.6 Å². The van der Waals surface area contributed by atoms with Crippen LogP contribution in [0.25, 0.3) is 0 Å². The van der Waals surface area contributed by atoms with Crippen molar-refractivity contribution in [1.82, 2.24) is 9.78 Å². The van der Waals surface area contributed by atoms with E-state index in [0.29, 0.717) is 0 Å². The summed E-state index contributed by atoms with van der Waals surface area (Å²) >= 11 is 6.23. The van der Waals surface area contributed by atoms with Gasteiger partial charge in [0.05, 0.1) is 17.9 Å². The van der Waals surface area contributed by atoms with Crippen LogP contribution in [0.2, 0.25) is 5.02 Å². The molecule has 2 N–H and O–H groups in total. The maximum Gasteiger partial charge on any atom is 0.287 e. The Bertz CT molecular complexity index is 514. The smallest absolute Gasteiger partial charge is 0.287 e. The van der Waals surface area contributed by atoms with Crippen LogP contribution in [0.4, 0.5) is 5.69 Å². The van der Waals surface area contributed by atoms with Crippen LogP contribution in [-0.4, -0.2) is 28.4 Å². The van der Waals surface area contributed by atoms with E-state index in [1.165, 1.54) is 4.68 Å². The Hall–Kier alpha value is -1.07. The van der Waals surface area contributed by atoms with Gasteiger partial charge in [-0.25, -0.2) is 4.68 Å². The van der Waals surface area contributed by atoms with Gasteiger partial charge in [0, 0.05) is 18.6 Å². The number of hydrogen-bond acceptors (Lipinski definition) is 4.